The molecule has 0 fully saturated rings. The highest BCUT2D eigenvalue weighted by Crippen LogP contribution is 2.26. The van der Waals surface area contributed by atoms with Gasteiger partial charge in [-0.15, -0.1) is 0 Å². The minimum atomic E-state index is -0.871. The van der Waals surface area contributed by atoms with E-state index >= 15 is 0 Å². The van der Waals surface area contributed by atoms with E-state index in [-0.39, 0.29) is 0 Å². The minimum Gasteiger partial charge on any atom is -0.481 e. The largest absolute Gasteiger partial charge is 0.481 e. The van der Waals surface area contributed by atoms with Crippen LogP contribution in [0.3, 0.4) is 0 Å². The Labute approximate surface area is 98.5 Å². The van der Waals surface area contributed by atoms with E-state index in [0.717, 1.165) is 29.3 Å². The number of carboxylic acid groups (broad SMARTS) is 1. The molecule has 0 saturated heterocycles. The van der Waals surface area contributed by atoms with E-state index in [0.29, 0.717) is 5.82 Å². The Morgan fingerprint density at radius 2 is 2.25 bits per heavy atom. The van der Waals surface area contributed by atoms with Crippen LogP contribution in [0.1, 0.15) is 35.6 Å². The number of hydrogen-bond donors (Lipinski definition) is 1. The first-order chi connectivity index (χ1) is 7.59. The molecule has 0 aliphatic carbocycles. The van der Waals surface area contributed by atoms with Gasteiger partial charge >= 0.3 is 5.97 Å². The van der Waals surface area contributed by atoms with Crippen molar-refractivity contribution in [2.45, 2.75) is 31.9 Å². The molecule has 0 saturated carbocycles. The predicted molar refractivity (Wildman–Crippen MR) is 62.7 cm³/mol. The zero-order valence-electron chi connectivity index (χ0n) is 9.36. The molecule has 1 aromatic heterocycles. The van der Waals surface area contributed by atoms with Crippen molar-refractivity contribution in [3.05, 3.63) is 22.8 Å². The van der Waals surface area contributed by atoms with Crippen LogP contribution in [0.4, 0.5) is 0 Å². The molecule has 4 nitrogen and oxygen atoms in total. The van der Waals surface area contributed by atoms with E-state index in [1.807, 2.05) is 18.7 Å². The van der Waals surface area contributed by atoms with Crippen molar-refractivity contribution >= 4 is 17.7 Å². The van der Waals surface area contributed by atoms with Crippen LogP contribution in [-0.2, 0) is 17.0 Å². The topological polar surface area (TPSA) is 63.1 Å². The van der Waals surface area contributed by atoms with Crippen molar-refractivity contribution in [1.29, 1.82) is 0 Å². The predicted octanol–water partition coefficient (Wildman–Crippen LogP) is 1.76. The molecule has 0 radical (unpaired) electrons. The number of nitrogens with zero attached hydrogens (tertiary/aromatic N) is 2. The van der Waals surface area contributed by atoms with Crippen molar-refractivity contribution in [2.75, 3.05) is 5.75 Å². The van der Waals surface area contributed by atoms with Crippen LogP contribution in [0.5, 0.6) is 0 Å². The van der Waals surface area contributed by atoms with Crippen LogP contribution in [0, 0.1) is 6.92 Å². The van der Waals surface area contributed by atoms with Gasteiger partial charge in [-0.3, -0.25) is 4.79 Å². The van der Waals surface area contributed by atoms with Gasteiger partial charge in [-0.25, -0.2) is 9.97 Å². The average molecular weight is 238 g/mol. The second kappa shape index (κ2) is 4.41. The summed E-state index contributed by atoms with van der Waals surface area (Å²) in [6.07, 6.45) is 0.919. The number of carboxylic acids is 1. The smallest absolute Gasteiger partial charge is 0.313 e. The van der Waals surface area contributed by atoms with E-state index in [4.69, 9.17) is 5.11 Å². The summed E-state index contributed by atoms with van der Waals surface area (Å²) in [5, 5.41) is 8.95. The molecule has 1 aromatic rings. The fourth-order valence-electron chi connectivity index (χ4n) is 1.72. The van der Waals surface area contributed by atoms with E-state index in [9.17, 15) is 4.79 Å². The standard InChI is InChI=1S/C11H14N2O2S/c1-6(11(14)15)10-12-7(2)8-5-16-4-3-9(8)13-10/h6H,3-5H2,1-2H3,(H,14,15). The molecule has 1 aliphatic heterocycles. The third-order valence-corrected chi connectivity index (χ3v) is 3.79. The first-order valence-corrected chi connectivity index (χ1v) is 6.42. The van der Waals surface area contributed by atoms with Crippen LogP contribution in [0.25, 0.3) is 0 Å². The molecule has 5 heteroatoms. The molecule has 2 rings (SSSR count). The molecule has 86 valence electrons. The zero-order valence-corrected chi connectivity index (χ0v) is 10.2. The summed E-state index contributed by atoms with van der Waals surface area (Å²) in [6, 6.07) is 0. The molecule has 16 heavy (non-hydrogen) atoms. The van der Waals surface area contributed by atoms with Crippen molar-refractivity contribution in [2.24, 2.45) is 0 Å². The molecular weight excluding hydrogens is 224 g/mol. The molecule has 1 N–H and O–H groups in total. The molecular formula is C11H14N2O2S. The molecule has 1 aliphatic rings. The van der Waals surface area contributed by atoms with Crippen molar-refractivity contribution in [3.8, 4) is 0 Å². The van der Waals surface area contributed by atoms with Crippen LogP contribution < -0.4 is 0 Å². The second-order valence-electron chi connectivity index (χ2n) is 3.95. The van der Waals surface area contributed by atoms with Gasteiger partial charge in [0.1, 0.15) is 11.7 Å². The first kappa shape index (κ1) is 11.4. The molecule has 1 atom stereocenters. The van der Waals surface area contributed by atoms with Gasteiger partial charge in [-0.05, 0) is 26.0 Å². The molecule has 0 amide bonds. The molecule has 0 spiro atoms. The Hall–Kier alpha value is -1.10. The minimum absolute atomic E-state index is 0.440. The van der Waals surface area contributed by atoms with Crippen LogP contribution in [0.15, 0.2) is 0 Å². The highest BCUT2D eigenvalue weighted by Gasteiger charge is 2.21. The van der Waals surface area contributed by atoms with Crippen LogP contribution in [0.2, 0.25) is 0 Å². The number of thioether (sulfide) groups is 1. The van der Waals surface area contributed by atoms with Crippen molar-refractivity contribution < 1.29 is 9.90 Å². The van der Waals surface area contributed by atoms with E-state index in [1.54, 1.807) is 6.92 Å². The quantitative estimate of drug-likeness (QED) is 0.850. The Morgan fingerprint density at radius 3 is 2.94 bits per heavy atom. The maximum Gasteiger partial charge on any atom is 0.313 e. The summed E-state index contributed by atoms with van der Waals surface area (Å²) in [7, 11) is 0. The number of aromatic nitrogens is 2. The molecule has 0 bridgehead atoms. The Balaban J connectivity index is 2.42. The number of aryl methyl sites for hydroxylation is 2. The van der Waals surface area contributed by atoms with Gasteiger partial charge < -0.3 is 5.11 Å². The number of fused-ring (bicyclic) bond motifs is 1. The summed E-state index contributed by atoms with van der Waals surface area (Å²) in [5.74, 6) is 0.950. The highest BCUT2D eigenvalue weighted by molar-refractivity contribution is 7.98. The van der Waals surface area contributed by atoms with Crippen LogP contribution >= 0.6 is 11.8 Å². The van der Waals surface area contributed by atoms with Crippen molar-refractivity contribution in [1.82, 2.24) is 9.97 Å². The summed E-state index contributed by atoms with van der Waals surface area (Å²) in [5.41, 5.74) is 3.16. The second-order valence-corrected chi connectivity index (χ2v) is 5.06. The van der Waals surface area contributed by atoms with E-state index in [2.05, 4.69) is 9.97 Å². The van der Waals surface area contributed by atoms with Gasteiger partial charge in [-0.1, -0.05) is 0 Å². The van der Waals surface area contributed by atoms with E-state index < -0.39 is 11.9 Å². The zero-order chi connectivity index (χ0) is 11.7. The molecule has 0 aromatic carbocycles. The van der Waals surface area contributed by atoms with Gasteiger partial charge in [0.15, 0.2) is 0 Å². The summed E-state index contributed by atoms with van der Waals surface area (Å²) in [4.78, 5) is 19.6. The fraction of sp³-hybridized carbons (Fsp3) is 0.545. The third kappa shape index (κ3) is 2.04. The highest BCUT2D eigenvalue weighted by atomic mass is 32.2. The van der Waals surface area contributed by atoms with Crippen LogP contribution in [-0.4, -0.2) is 26.8 Å². The normalized spacial score (nSPS) is 16.6. The lowest BCUT2D eigenvalue weighted by Crippen LogP contribution is -2.17. The lowest BCUT2D eigenvalue weighted by molar-refractivity contribution is -0.138. The maximum atomic E-state index is 10.9. The third-order valence-electron chi connectivity index (χ3n) is 2.80. The Kier molecular flexibility index (Phi) is 3.14. The lowest BCUT2D eigenvalue weighted by atomic mass is 10.1. The Morgan fingerprint density at radius 1 is 1.50 bits per heavy atom. The molecule has 1 unspecified atom stereocenters. The summed E-state index contributed by atoms with van der Waals surface area (Å²) in [6.45, 7) is 3.56. The average Bonchev–Trinajstić information content (AvgIpc) is 2.28. The monoisotopic (exact) mass is 238 g/mol. The Bertz CT molecular complexity index is 434. The number of carbonyl (C=O) groups is 1. The fourth-order valence-corrected chi connectivity index (χ4v) is 2.78. The van der Waals surface area contributed by atoms with Gasteiger partial charge in [-0.2, -0.15) is 11.8 Å². The first-order valence-electron chi connectivity index (χ1n) is 5.26. The number of hydrogen-bond acceptors (Lipinski definition) is 4. The van der Waals surface area contributed by atoms with E-state index in [1.165, 1.54) is 5.56 Å². The summed E-state index contributed by atoms with van der Waals surface area (Å²) < 4.78 is 0. The number of aliphatic carboxylic acids is 1. The van der Waals surface area contributed by atoms with Gasteiger partial charge in [0.25, 0.3) is 0 Å². The van der Waals surface area contributed by atoms with Gasteiger partial charge in [0.2, 0.25) is 0 Å². The maximum absolute atomic E-state index is 10.9. The van der Waals surface area contributed by atoms with Gasteiger partial charge in [0.05, 0.1) is 0 Å². The summed E-state index contributed by atoms with van der Waals surface area (Å²) >= 11 is 1.88. The number of rotatable bonds is 2. The molecule has 2 heterocycles. The lowest BCUT2D eigenvalue weighted by Gasteiger charge is -2.18. The van der Waals surface area contributed by atoms with Gasteiger partial charge in [0, 0.05) is 22.7 Å². The van der Waals surface area contributed by atoms with Crippen molar-refractivity contribution in [3.63, 3.8) is 0 Å². The SMILES string of the molecule is Cc1nc(C(C)C(=O)O)nc2c1CSCC2.